The van der Waals surface area contributed by atoms with Gasteiger partial charge < -0.3 is 20.5 Å². The molecule has 1 heterocycles. The van der Waals surface area contributed by atoms with E-state index in [1.807, 2.05) is 20.8 Å². The van der Waals surface area contributed by atoms with Gasteiger partial charge in [-0.1, -0.05) is 13.8 Å². The van der Waals surface area contributed by atoms with Crippen molar-refractivity contribution in [1.29, 1.82) is 0 Å². The van der Waals surface area contributed by atoms with E-state index in [2.05, 4.69) is 5.32 Å². The predicted molar refractivity (Wildman–Crippen MR) is 89.1 cm³/mol. The highest BCUT2D eigenvalue weighted by Crippen LogP contribution is 2.30. The van der Waals surface area contributed by atoms with Gasteiger partial charge in [-0.15, -0.1) is 12.4 Å². The lowest BCUT2D eigenvalue weighted by atomic mass is 9.88. The first-order valence-corrected chi connectivity index (χ1v) is 7.38. The molecule has 1 atom stereocenters. The Bertz CT molecular complexity index is 522. The van der Waals surface area contributed by atoms with Gasteiger partial charge in [-0.2, -0.15) is 0 Å². The number of ether oxygens (including phenoxy) is 2. The number of fused-ring (bicyclic) bond motifs is 1. The van der Waals surface area contributed by atoms with Gasteiger partial charge >= 0.3 is 0 Å². The Labute approximate surface area is 138 Å². The largest absolute Gasteiger partial charge is 0.490 e. The van der Waals surface area contributed by atoms with Gasteiger partial charge in [-0.05, 0) is 31.0 Å². The van der Waals surface area contributed by atoms with E-state index in [0.29, 0.717) is 36.8 Å². The van der Waals surface area contributed by atoms with E-state index >= 15 is 0 Å². The second kappa shape index (κ2) is 7.70. The summed E-state index contributed by atoms with van der Waals surface area (Å²) in [5.74, 6) is 1.41. The van der Waals surface area contributed by atoms with E-state index in [-0.39, 0.29) is 24.2 Å². The molecule has 0 bridgehead atoms. The van der Waals surface area contributed by atoms with Crippen molar-refractivity contribution in [3.05, 3.63) is 23.8 Å². The molecule has 0 aliphatic carbocycles. The van der Waals surface area contributed by atoms with Crippen molar-refractivity contribution in [2.24, 2.45) is 11.7 Å². The minimum absolute atomic E-state index is 0. The summed E-state index contributed by atoms with van der Waals surface area (Å²) in [6.07, 6.45) is 0.842. The monoisotopic (exact) mass is 328 g/mol. The van der Waals surface area contributed by atoms with Crippen molar-refractivity contribution >= 4 is 18.3 Å². The molecule has 1 unspecified atom stereocenters. The number of rotatable bonds is 4. The minimum atomic E-state index is -0.429. The highest BCUT2D eigenvalue weighted by Gasteiger charge is 2.29. The van der Waals surface area contributed by atoms with Crippen LogP contribution in [-0.4, -0.2) is 31.2 Å². The molecule has 1 aromatic rings. The number of nitrogens with one attached hydrogen (secondary N) is 1. The summed E-state index contributed by atoms with van der Waals surface area (Å²) < 4.78 is 11.2. The predicted octanol–water partition coefficient (Wildman–Crippen LogP) is 2.37. The summed E-state index contributed by atoms with van der Waals surface area (Å²) in [6.45, 7) is 7.67. The second-order valence-electron chi connectivity index (χ2n) is 5.94. The average Bonchev–Trinajstić information content (AvgIpc) is 2.71. The molecule has 5 nitrogen and oxygen atoms in total. The Kier molecular flexibility index (Phi) is 6.50. The number of carbonyl (C=O) groups excluding carboxylic acids is 1. The van der Waals surface area contributed by atoms with Crippen LogP contribution in [-0.2, 0) is 0 Å². The maximum Gasteiger partial charge on any atom is 0.251 e. The highest BCUT2D eigenvalue weighted by molar-refractivity contribution is 5.95. The Balaban J connectivity index is 0.00000242. The number of carbonyl (C=O) groups is 1. The first-order valence-electron chi connectivity index (χ1n) is 7.38. The molecule has 124 valence electrons. The summed E-state index contributed by atoms with van der Waals surface area (Å²) in [5.41, 5.74) is 5.93. The third kappa shape index (κ3) is 4.05. The van der Waals surface area contributed by atoms with E-state index in [4.69, 9.17) is 15.2 Å². The second-order valence-corrected chi connectivity index (χ2v) is 5.94. The van der Waals surface area contributed by atoms with Crippen LogP contribution in [0.25, 0.3) is 0 Å². The number of amides is 1. The van der Waals surface area contributed by atoms with Crippen molar-refractivity contribution in [1.82, 2.24) is 5.32 Å². The number of hydrogen-bond acceptors (Lipinski definition) is 4. The average molecular weight is 329 g/mol. The van der Waals surface area contributed by atoms with Gasteiger partial charge in [0, 0.05) is 18.5 Å². The fourth-order valence-corrected chi connectivity index (χ4v) is 2.07. The topological polar surface area (TPSA) is 73.6 Å². The van der Waals surface area contributed by atoms with E-state index < -0.39 is 5.54 Å². The van der Waals surface area contributed by atoms with E-state index in [1.54, 1.807) is 18.2 Å². The zero-order valence-corrected chi connectivity index (χ0v) is 14.2. The molecular weight excluding hydrogens is 304 g/mol. The van der Waals surface area contributed by atoms with Crippen LogP contribution < -0.4 is 20.5 Å². The molecule has 1 aliphatic heterocycles. The smallest absolute Gasteiger partial charge is 0.251 e. The van der Waals surface area contributed by atoms with Crippen molar-refractivity contribution in [2.45, 2.75) is 32.7 Å². The van der Waals surface area contributed by atoms with E-state index in [1.165, 1.54) is 0 Å². The van der Waals surface area contributed by atoms with Crippen LogP contribution in [0.1, 0.15) is 37.6 Å². The summed E-state index contributed by atoms with van der Waals surface area (Å²) in [5, 5.41) is 3.02. The van der Waals surface area contributed by atoms with Gasteiger partial charge in [-0.3, -0.25) is 4.79 Å². The lowest BCUT2D eigenvalue weighted by molar-refractivity contribution is 0.0882. The first kappa shape index (κ1) is 18.6. The van der Waals surface area contributed by atoms with Crippen LogP contribution in [0.2, 0.25) is 0 Å². The molecule has 1 aromatic carbocycles. The SMILES string of the molecule is CC(C)C(C)(CN)NC(=O)c1ccc2c(c1)OCCCO2.Cl. The zero-order valence-electron chi connectivity index (χ0n) is 13.3. The molecule has 3 N–H and O–H groups in total. The molecule has 2 rings (SSSR count). The summed E-state index contributed by atoms with van der Waals surface area (Å²) in [7, 11) is 0. The van der Waals surface area contributed by atoms with Gasteiger partial charge in [0.1, 0.15) is 0 Å². The normalized spacial score (nSPS) is 16.2. The number of hydrogen-bond donors (Lipinski definition) is 2. The minimum Gasteiger partial charge on any atom is -0.490 e. The van der Waals surface area contributed by atoms with Crippen molar-refractivity contribution in [3.63, 3.8) is 0 Å². The molecule has 1 aliphatic rings. The molecule has 1 amide bonds. The van der Waals surface area contributed by atoms with Crippen LogP contribution >= 0.6 is 12.4 Å². The Morgan fingerprint density at radius 1 is 1.32 bits per heavy atom. The molecule has 0 fully saturated rings. The Morgan fingerprint density at radius 2 is 1.95 bits per heavy atom. The quantitative estimate of drug-likeness (QED) is 0.890. The van der Waals surface area contributed by atoms with Crippen LogP contribution in [0.5, 0.6) is 11.5 Å². The standard InChI is InChI=1S/C16H24N2O3.ClH/c1-11(2)16(3,10-17)18-15(19)12-5-6-13-14(9-12)21-8-4-7-20-13;/h5-6,9,11H,4,7-8,10,17H2,1-3H3,(H,18,19);1H. The molecule has 0 aromatic heterocycles. The fraction of sp³-hybridized carbons (Fsp3) is 0.562. The van der Waals surface area contributed by atoms with Gasteiger partial charge in [0.2, 0.25) is 0 Å². The van der Waals surface area contributed by atoms with Crippen LogP contribution in [0, 0.1) is 5.92 Å². The number of benzene rings is 1. The zero-order chi connectivity index (χ0) is 15.5. The third-order valence-corrected chi connectivity index (χ3v) is 4.11. The fourth-order valence-electron chi connectivity index (χ4n) is 2.07. The number of halogens is 1. The Morgan fingerprint density at radius 3 is 2.55 bits per heavy atom. The number of nitrogens with two attached hydrogens (primary N) is 1. The molecule has 0 saturated heterocycles. The molecule has 0 radical (unpaired) electrons. The van der Waals surface area contributed by atoms with Crippen LogP contribution in [0.4, 0.5) is 0 Å². The lowest BCUT2D eigenvalue weighted by Crippen LogP contribution is -2.55. The van der Waals surface area contributed by atoms with E-state index in [9.17, 15) is 4.79 Å². The molecule has 0 spiro atoms. The van der Waals surface area contributed by atoms with Gasteiger partial charge in [0.15, 0.2) is 11.5 Å². The maximum atomic E-state index is 12.4. The first-order chi connectivity index (χ1) is 9.96. The van der Waals surface area contributed by atoms with Crippen molar-refractivity contribution < 1.29 is 14.3 Å². The lowest BCUT2D eigenvalue weighted by Gasteiger charge is -2.33. The summed E-state index contributed by atoms with van der Waals surface area (Å²) in [4.78, 5) is 12.4. The summed E-state index contributed by atoms with van der Waals surface area (Å²) in [6, 6.07) is 5.26. The van der Waals surface area contributed by atoms with Crippen LogP contribution in [0.3, 0.4) is 0 Å². The van der Waals surface area contributed by atoms with Gasteiger partial charge in [0.25, 0.3) is 5.91 Å². The molecule has 0 saturated carbocycles. The van der Waals surface area contributed by atoms with E-state index in [0.717, 1.165) is 6.42 Å². The summed E-state index contributed by atoms with van der Waals surface area (Å²) >= 11 is 0. The third-order valence-electron chi connectivity index (χ3n) is 4.11. The van der Waals surface area contributed by atoms with Crippen molar-refractivity contribution in [3.8, 4) is 11.5 Å². The highest BCUT2D eigenvalue weighted by atomic mass is 35.5. The van der Waals surface area contributed by atoms with Gasteiger partial charge in [-0.25, -0.2) is 0 Å². The Hall–Kier alpha value is -1.46. The molecule has 22 heavy (non-hydrogen) atoms. The van der Waals surface area contributed by atoms with Gasteiger partial charge in [0.05, 0.1) is 18.8 Å². The van der Waals surface area contributed by atoms with Crippen molar-refractivity contribution in [2.75, 3.05) is 19.8 Å². The van der Waals surface area contributed by atoms with Crippen LogP contribution in [0.15, 0.2) is 18.2 Å². The molecular formula is C16H25ClN2O3. The molecule has 6 heteroatoms. The maximum absolute atomic E-state index is 12.4.